The number of thiophene rings is 1. The molecule has 0 aliphatic heterocycles. The van der Waals surface area contributed by atoms with E-state index in [1.165, 1.54) is 16.4 Å². The highest BCUT2D eigenvalue weighted by atomic mass is 32.1. The van der Waals surface area contributed by atoms with E-state index < -0.39 is 0 Å². The number of nitrogens with zero attached hydrogens (tertiary/aromatic N) is 3. The molecule has 24 heavy (non-hydrogen) atoms. The van der Waals surface area contributed by atoms with E-state index in [4.69, 9.17) is 15.7 Å². The minimum Gasteiger partial charge on any atom is -0.366 e. The molecule has 0 saturated heterocycles. The minimum atomic E-state index is 0.361. The van der Waals surface area contributed by atoms with Crippen molar-refractivity contribution in [2.45, 2.75) is 51.1 Å². The molecule has 1 aliphatic rings. The highest BCUT2D eigenvalue weighted by molar-refractivity contribution is 7.17. The molecule has 0 unspecified atom stereocenters. The number of rotatable bonds is 4. The Morgan fingerprint density at radius 3 is 2.83 bits per heavy atom. The highest BCUT2D eigenvalue weighted by Crippen LogP contribution is 2.29. The topological polar surface area (TPSA) is 76.7 Å². The van der Waals surface area contributed by atoms with Gasteiger partial charge in [-0.3, -0.25) is 0 Å². The van der Waals surface area contributed by atoms with Crippen LogP contribution in [0.15, 0.2) is 17.5 Å². The van der Waals surface area contributed by atoms with E-state index in [0.717, 1.165) is 59.7 Å². The summed E-state index contributed by atoms with van der Waals surface area (Å²) in [7, 11) is 0. The number of hydrogen-bond donors (Lipinski definition) is 2. The van der Waals surface area contributed by atoms with Crippen LogP contribution in [0, 0.1) is 6.92 Å². The SMILES string of the molecule is Cc1cc(Cc2nc(NC3CCC(N)CC3)c3sccc3n2)sn1. The number of nitrogens with two attached hydrogens (primary N) is 1. The van der Waals surface area contributed by atoms with Gasteiger partial charge in [0, 0.05) is 23.4 Å². The molecular weight excluding hydrogens is 338 g/mol. The Kier molecular flexibility index (Phi) is 4.47. The summed E-state index contributed by atoms with van der Waals surface area (Å²) in [6, 6.07) is 5.01. The molecule has 0 amide bonds. The fourth-order valence-electron chi connectivity index (χ4n) is 3.20. The molecule has 4 rings (SSSR count). The van der Waals surface area contributed by atoms with Gasteiger partial charge in [0.2, 0.25) is 0 Å². The second kappa shape index (κ2) is 6.74. The first-order valence-electron chi connectivity index (χ1n) is 8.36. The van der Waals surface area contributed by atoms with E-state index in [9.17, 15) is 0 Å². The summed E-state index contributed by atoms with van der Waals surface area (Å²) in [6.45, 7) is 2.02. The molecule has 126 valence electrons. The van der Waals surface area contributed by atoms with Crippen molar-refractivity contribution in [1.29, 1.82) is 0 Å². The van der Waals surface area contributed by atoms with E-state index in [1.54, 1.807) is 11.3 Å². The van der Waals surface area contributed by atoms with Crippen molar-refractivity contribution in [3.05, 3.63) is 33.9 Å². The molecule has 3 N–H and O–H groups in total. The summed E-state index contributed by atoms with van der Waals surface area (Å²) >= 11 is 3.23. The minimum absolute atomic E-state index is 0.361. The van der Waals surface area contributed by atoms with E-state index in [-0.39, 0.29) is 0 Å². The molecule has 7 heteroatoms. The average molecular weight is 360 g/mol. The lowest BCUT2D eigenvalue weighted by molar-refractivity contribution is 0.410. The lowest BCUT2D eigenvalue weighted by atomic mass is 9.92. The summed E-state index contributed by atoms with van der Waals surface area (Å²) in [4.78, 5) is 10.8. The van der Waals surface area contributed by atoms with Gasteiger partial charge in [-0.25, -0.2) is 9.97 Å². The third-order valence-electron chi connectivity index (χ3n) is 4.47. The highest BCUT2D eigenvalue weighted by Gasteiger charge is 2.20. The van der Waals surface area contributed by atoms with Crippen LogP contribution >= 0.6 is 22.9 Å². The maximum absolute atomic E-state index is 6.02. The Bertz CT molecular complexity index is 832. The van der Waals surface area contributed by atoms with Crippen LogP contribution in [0.5, 0.6) is 0 Å². The maximum atomic E-state index is 6.02. The molecule has 1 saturated carbocycles. The van der Waals surface area contributed by atoms with E-state index in [2.05, 4.69) is 27.2 Å². The van der Waals surface area contributed by atoms with Gasteiger partial charge in [-0.05, 0) is 61.7 Å². The maximum Gasteiger partial charge on any atom is 0.148 e. The summed E-state index contributed by atoms with van der Waals surface area (Å²) in [5, 5.41) is 5.74. The molecule has 3 aromatic heterocycles. The van der Waals surface area contributed by atoms with Crippen LogP contribution in [-0.2, 0) is 6.42 Å². The zero-order chi connectivity index (χ0) is 16.5. The second-order valence-electron chi connectivity index (χ2n) is 6.49. The van der Waals surface area contributed by atoms with Crippen molar-refractivity contribution >= 4 is 38.9 Å². The Morgan fingerprint density at radius 2 is 2.08 bits per heavy atom. The molecule has 0 atom stereocenters. The number of aryl methyl sites for hydroxylation is 1. The van der Waals surface area contributed by atoms with Crippen molar-refractivity contribution in [2.24, 2.45) is 5.73 Å². The molecule has 0 aromatic carbocycles. The van der Waals surface area contributed by atoms with Crippen LogP contribution in [0.25, 0.3) is 10.2 Å². The van der Waals surface area contributed by atoms with Crippen LogP contribution in [0.4, 0.5) is 5.82 Å². The van der Waals surface area contributed by atoms with Gasteiger partial charge in [0.25, 0.3) is 0 Å². The van der Waals surface area contributed by atoms with Gasteiger partial charge < -0.3 is 11.1 Å². The Morgan fingerprint density at radius 1 is 1.25 bits per heavy atom. The van der Waals surface area contributed by atoms with Gasteiger partial charge in [-0.1, -0.05) is 0 Å². The smallest absolute Gasteiger partial charge is 0.148 e. The summed E-state index contributed by atoms with van der Waals surface area (Å²) in [6.07, 6.45) is 5.14. The standard InChI is InChI=1S/C17H21N5S2/c1-10-8-13(24-22-10)9-15-20-14-6-7-23-16(14)17(21-15)19-12-4-2-11(18)3-5-12/h6-8,11-12H,2-5,9,18H2,1H3,(H,19,20,21). The zero-order valence-electron chi connectivity index (χ0n) is 13.7. The fourth-order valence-corrected chi connectivity index (χ4v) is 4.72. The van der Waals surface area contributed by atoms with Crippen molar-refractivity contribution in [2.75, 3.05) is 5.32 Å². The summed E-state index contributed by atoms with van der Waals surface area (Å²) < 4.78 is 5.50. The first-order valence-corrected chi connectivity index (χ1v) is 10.0. The fraction of sp³-hybridized carbons (Fsp3) is 0.471. The largest absolute Gasteiger partial charge is 0.366 e. The van der Waals surface area contributed by atoms with Crippen molar-refractivity contribution in [3.8, 4) is 0 Å². The third kappa shape index (κ3) is 3.43. The number of anilines is 1. The van der Waals surface area contributed by atoms with Crippen molar-refractivity contribution in [3.63, 3.8) is 0 Å². The normalized spacial score (nSPS) is 21.2. The average Bonchev–Trinajstić information content (AvgIpc) is 3.19. The summed E-state index contributed by atoms with van der Waals surface area (Å²) in [5.74, 6) is 1.84. The molecule has 1 aliphatic carbocycles. The van der Waals surface area contributed by atoms with Gasteiger partial charge >= 0.3 is 0 Å². The van der Waals surface area contributed by atoms with Crippen LogP contribution < -0.4 is 11.1 Å². The van der Waals surface area contributed by atoms with Gasteiger partial charge in [-0.15, -0.1) is 11.3 Å². The van der Waals surface area contributed by atoms with E-state index in [1.807, 2.05) is 6.92 Å². The van der Waals surface area contributed by atoms with Gasteiger partial charge in [0.05, 0.1) is 15.9 Å². The van der Waals surface area contributed by atoms with Crippen LogP contribution in [0.1, 0.15) is 42.1 Å². The molecule has 3 aromatic rings. The second-order valence-corrected chi connectivity index (χ2v) is 8.30. The number of fused-ring (bicyclic) bond motifs is 1. The lowest BCUT2D eigenvalue weighted by Gasteiger charge is -2.27. The van der Waals surface area contributed by atoms with Crippen LogP contribution in [0.2, 0.25) is 0 Å². The Balaban J connectivity index is 1.60. The predicted molar refractivity (Wildman–Crippen MR) is 101 cm³/mol. The number of aromatic nitrogens is 3. The van der Waals surface area contributed by atoms with Gasteiger partial charge in [-0.2, -0.15) is 4.37 Å². The Hall–Kier alpha value is -1.57. The molecule has 0 bridgehead atoms. The zero-order valence-corrected chi connectivity index (χ0v) is 15.3. The molecule has 0 radical (unpaired) electrons. The molecule has 0 spiro atoms. The lowest BCUT2D eigenvalue weighted by Crippen LogP contribution is -2.33. The molecule has 3 heterocycles. The third-order valence-corrected chi connectivity index (χ3v) is 6.26. The van der Waals surface area contributed by atoms with Crippen molar-refractivity contribution in [1.82, 2.24) is 14.3 Å². The number of nitrogens with one attached hydrogen (secondary N) is 1. The monoisotopic (exact) mass is 359 g/mol. The van der Waals surface area contributed by atoms with Crippen LogP contribution in [-0.4, -0.2) is 26.4 Å². The Labute approximate surface area is 149 Å². The van der Waals surface area contributed by atoms with Gasteiger partial charge in [0.1, 0.15) is 11.6 Å². The summed E-state index contributed by atoms with van der Waals surface area (Å²) in [5.41, 5.74) is 8.11. The molecular formula is C17H21N5S2. The first-order chi connectivity index (χ1) is 11.7. The van der Waals surface area contributed by atoms with Gasteiger partial charge in [0.15, 0.2) is 0 Å². The predicted octanol–water partition coefficient (Wildman–Crippen LogP) is 3.73. The van der Waals surface area contributed by atoms with Crippen molar-refractivity contribution < 1.29 is 0 Å². The quantitative estimate of drug-likeness (QED) is 0.742. The van der Waals surface area contributed by atoms with E-state index in [0.29, 0.717) is 12.1 Å². The molecule has 5 nitrogen and oxygen atoms in total. The van der Waals surface area contributed by atoms with E-state index >= 15 is 0 Å². The first kappa shape index (κ1) is 15.9. The van der Waals surface area contributed by atoms with Crippen LogP contribution in [0.3, 0.4) is 0 Å². The number of hydrogen-bond acceptors (Lipinski definition) is 7. The molecule has 1 fully saturated rings.